The number of carbonyl (C=O) groups is 1. The normalized spacial score (nSPS) is 17.4. The fraction of sp³-hybridized carbons (Fsp3) is 0.375. The van der Waals surface area contributed by atoms with E-state index in [9.17, 15) is 4.79 Å². The van der Waals surface area contributed by atoms with Crippen molar-refractivity contribution in [1.82, 2.24) is 0 Å². The van der Waals surface area contributed by atoms with Gasteiger partial charge in [-0.2, -0.15) is 0 Å². The molecule has 0 radical (unpaired) electrons. The monoisotopic (exact) mass is 154 g/mol. The third-order valence-corrected chi connectivity index (χ3v) is 1.34. The van der Waals surface area contributed by atoms with E-state index >= 15 is 0 Å². The molecule has 1 aliphatic carbocycles. The number of ketones is 1. The van der Waals surface area contributed by atoms with Gasteiger partial charge in [0.2, 0.25) is 5.78 Å². The van der Waals surface area contributed by atoms with Crippen LogP contribution in [0.3, 0.4) is 0 Å². The summed E-state index contributed by atoms with van der Waals surface area (Å²) in [7, 11) is 0. The quantitative estimate of drug-likeness (QED) is 0.652. The topological polar surface area (TPSA) is 46.5 Å². The minimum absolute atomic E-state index is 0.0613. The molecule has 11 heavy (non-hydrogen) atoms. The van der Waals surface area contributed by atoms with Gasteiger partial charge < -0.3 is 9.84 Å². The Balaban J connectivity index is 2.70. The molecular formula is C8H10O3. The molecule has 0 aromatic heterocycles. The van der Waals surface area contributed by atoms with Crippen molar-refractivity contribution in [3.05, 3.63) is 23.7 Å². The van der Waals surface area contributed by atoms with Crippen molar-refractivity contribution < 1.29 is 14.6 Å². The lowest BCUT2D eigenvalue weighted by molar-refractivity contribution is -0.118. The molecule has 3 heteroatoms. The highest BCUT2D eigenvalue weighted by Crippen LogP contribution is 2.13. The summed E-state index contributed by atoms with van der Waals surface area (Å²) in [6, 6.07) is 0. The lowest BCUT2D eigenvalue weighted by atomic mass is 10.1. The molecule has 0 atom stereocenters. The Labute approximate surface area is 65.0 Å². The molecule has 1 aliphatic rings. The second kappa shape index (κ2) is 3.23. The van der Waals surface area contributed by atoms with Crippen LogP contribution in [0, 0.1) is 0 Å². The Hall–Kier alpha value is -1.25. The van der Waals surface area contributed by atoms with Gasteiger partial charge in [0.25, 0.3) is 0 Å². The smallest absolute Gasteiger partial charge is 0.204 e. The maximum atomic E-state index is 11.0. The summed E-state index contributed by atoms with van der Waals surface area (Å²) in [6.45, 7) is 2.29. The van der Waals surface area contributed by atoms with Crippen LogP contribution in [0.5, 0.6) is 0 Å². The number of aliphatic hydroxyl groups is 1. The molecule has 0 saturated carbocycles. The van der Waals surface area contributed by atoms with E-state index in [1.54, 1.807) is 0 Å². The minimum atomic E-state index is -0.160. The van der Waals surface area contributed by atoms with Gasteiger partial charge in [-0.3, -0.25) is 4.79 Å². The summed E-state index contributed by atoms with van der Waals surface area (Å²) in [5.41, 5.74) is 0. The van der Waals surface area contributed by atoms with Crippen molar-refractivity contribution in [2.75, 3.05) is 6.61 Å². The van der Waals surface area contributed by atoms with E-state index in [2.05, 4.69) is 0 Å². The average molecular weight is 154 g/mol. The molecule has 60 valence electrons. The average Bonchev–Trinajstić information content (AvgIpc) is 1.95. The molecule has 0 bridgehead atoms. The molecule has 0 amide bonds. The first-order valence-corrected chi connectivity index (χ1v) is 3.50. The van der Waals surface area contributed by atoms with Crippen molar-refractivity contribution in [1.29, 1.82) is 0 Å². The van der Waals surface area contributed by atoms with E-state index in [1.807, 2.05) is 6.92 Å². The third-order valence-electron chi connectivity index (χ3n) is 1.34. The fourth-order valence-electron chi connectivity index (χ4n) is 0.859. The first-order chi connectivity index (χ1) is 5.24. The van der Waals surface area contributed by atoms with Gasteiger partial charge in [0.15, 0.2) is 5.76 Å². The standard InChI is InChI=1S/C8H10O3/c1-2-11-8-4-3-6(9)5-7(8)10/h3-4,9H,2,5H2,1H3. The fourth-order valence-corrected chi connectivity index (χ4v) is 0.859. The van der Waals surface area contributed by atoms with Crippen molar-refractivity contribution >= 4 is 5.78 Å². The lowest BCUT2D eigenvalue weighted by Gasteiger charge is -2.09. The zero-order chi connectivity index (χ0) is 8.27. The van der Waals surface area contributed by atoms with E-state index in [0.717, 1.165) is 0 Å². The highest BCUT2D eigenvalue weighted by Gasteiger charge is 2.15. The Morgan fingerprint density at radius 3 is 2.91 bits per heavy atom. The van der Waals surface area contributed by atoms with E-state index in [-0.39, 0.29) is 18.0 Å². The van der Waals surface area contributed by atoms with Crippen LogP contribution < -0.4 is 0 Å². The summed E-state index contributed by atoms with van der Waals surface area (Å²) in [6.07, 6.45) is 3.03. The zero-order valence-electron chi connectivity index (χ0n) is 6.33. The van der Waals surface area contributed by atoms with E-state index < -0.39 is 0 Å². The Bertz CT molecular complexity index is 225. The summed E-state index contributed by atoms with van der Waals surface area (Å²) >= 11 is 0. The van der Waals surface area contributed by atoms with Gasteiger partial charge in [0.1, 0.15) is 5.76 Å². The van der Waals surface area contributed by atoms with Gasteiger partial charge in [0, 0.05) is 0 Å². The molecule has 0 heterocycles. The predicted octanol–water partition coefficient (Wildman–Crippen LogP) is 1.32. The van der Waals surface area contributed by atoms with Crippen LogP contribution in [0.4, 0.5) is 0 Å². The maximum Gasteiger partial charge on any atom is 0.204 e. The Morgan fingerprint density at radius 2 is 2.36 bits per heavy atom. The van der Waals surface area contributed by atoms with Gasteiger partial charge in [-0.05, 0) is 19.1 Å². The number of hydrogen-bond acceptors (Lipinski definition) is 3. The molecule has 0 saturated heterocycles. The first-order valence-electron chi connectivity index (χ1n) is 3.50. The second-order valence-corrected chi connectivity index (χ2v) is 2.22. The number of hydrogen-bond donors (Lipinski definition) is 1. The van der Waals surface area contributed by atoms with Gasteiger partial charge in [-0.15, -0.1) is 0 Å². The van der Waals surface area contributed by atoms with Crippen molar-refractivity contribution in [3.8, 4) is 0 Å². The van der Waals surface area contributed by atoms with Gasteiger partial charge in [0.05, 0.1) is 13.0 Å². The van der Waals surface area contributed by atoms with Crippen LogP contribution in [0.25, 0.3) is 0 Å². The number of Topliss-reactive ketones (excluding diaryl/α,β-unsaturated/α-hetero) is 1. The van der Waals surface area contributed by atoms with Gasteiger partial charge in [-0.1, -0.05) is 0 Å². The Kier molecular flexibility index (Phi) is 2.31. The molecule has 0 unspecified atom stereocenters. The van der Waals surface area contributed by atoms with Crippen LogP contribution >= 0.6 is 0 Å². The summed E-state index contributed by atoms with van der Waals surface area (Å²) in [4.78, 5) is 11.0. The highest BCUT2D eigenvalue weighted by atomic mass is 16.5. The van der Waals surface area contributed by atoms with Crippen LogP contribution in [-0.2, 0) is 9.53 Å². The first kappa shape index (κ1) is 7.85. The zero-order valence-corrected chi connectivity index (χ0v) is 6.33. The number of rotatable bonds is 2. The summed E-state index contributed by atoms with van der Waals surface area (Å²) in [5, 5.41) is 8.91. The second-order valence-electron chi connectivity index (χ2n) is 2.22. The molecule has 0 fully saturated rings. The summed E-state index contributed by atoms with van der Waals surface area (Å²) < 4.78 is 5.00. The molecule has 3 nitrogen and oxygen atoms in total. The van der Waals surface area contributed by atoms with Gasteiger partial charge >= 0.3 is 0 Å². The van der Waals surface area contributed by atoms with Crippen molar-refractivity contribution in [2.24, 2.45) is 0 Å². The van der Waals surface area contributed by atoms with Crippen LogP contribution in [0.2, 0.25) is 0 Å². The van der Waals surface area contributed by atoms with Gasteiger partial charge in [-0.25, -0.2) is 0 Å². The lowest BCUT2D eigenvalue weighted by Crippen LogP contribution is -2.10. The molecule has 0 spiro atoms. The molecule has 1 rings (SSSR count). The number of carbonyl (C=O) groups excluding carboxylic acids is 1. The van der Waals surface area contributed by atoms with Crippen LogP contribution in [-0.4, -0.2) is 17.5 Å². The SMILES string of the molecule is CCOC1=CC=C(O)CC1=O. The van der Waals surface area contributed by atoms with E-state index in [0.29, 0.717) is 12.4 Å². The van der Waals surface area contributed by atoms with Crippen LogP contribution in [0.15, 0.2) is 23.7 Å². The van der Waals surface area contributed by atoms with Crippen LogP contribution in [0.1, 0.15) is 13.3 Å². The third kappa shape index (κ3) is 1.83. The largest absolute Gasteiger partial charge is 0.512 e. The number of ether oxygens (including phenoxy) is 1. The molecule has 0 aromatic carbocycles. The predicted molar refractivity (Wildman–Crippen MR) is 40.0 cm³/mol. The highest BCUT2D eigenvalue weighted by molar-refractivity contribution is 5.96. The van der Waals surface area contributed by atoms with Crippen molar-refractivity contribution in [2.45, 2.75) is 13.3 Å². The molecule has 0 aliphatic heterocycles. The number of allylic oxidation sites excluding steroid dienone is 4. The molecule has 0 aromatic rings. The minimum Gasteiger partial charge on any atom is -0.512 e. The maximum absolute atomic E-state index is 11.0. The molecular weight excluding hydrogens is 144 g/mol. The number of aliphatic hydroxyl groups excluding tert-OH is 1. The Morgan fingerprint density at radius 1 is 1.64 bits per heavy atom. The summed E-state index contributed by atoms with van der Waals surface area (Å²) in [5.74, 6) is 0.274. The van der Waals surface area contributed by atoms with E-state index in [4.69, 9.17) is 9.84 Å². The van der Waals surface area contributed by atoms with Crippen molar-refractivity contribution in [3.63, 3.8) is 0 Å². The molecule has 1 N–H and O–H groups in total. The van der Waals surface area contributed by atoms with E-state index in [1.165, 1.54) is 12.2 Å².